The van der Waals surface area contributed by atoms with Crippen LogP contribution in [0.25, 0.3) is 27.0 Å². The lowest BCUT2D eigenvalue weighted by molar-refractivity contribution is -0.117. The molecule has 0 fully saturated rings. The minimum Gasteiger partial charge on any atom is -0.465 e. The maximum atomic E-state index is 13.3. The van der Waals surface area contributed by atoms with Gasteiger partial charge in [-0.15, -0.1) is 16.4 Å². The summed E-state index contributed by atoms with van der Waals surface area (Å²) in [6, 6.07) is 12.2. The number of amides is 1. The number of thiophene rings is 1. The smallest absolute Gasteiger partial charge is 0.352 e. The van der Waals surface area contributed by atoms with Crippen LogP contribution < -0.4 is 11.0 Å². The number of rotatable bonds is 5. The van der Waals surface area contributed by atoms with Crippen LogP contribution in [0.5, 0.6) is 0 Å². The highest BCUT2D eigenvalue weighted by atomic mass is 32.1. The van der Waals surface area contributed by atoms with E-state index in [2.05, 4.69) is 20.1 Å². The number of hydrogen-bond acceptors (Lipinski definition) is 7. The monoisotopic (exact) mass is 477 g/mol. The second-order valence-electron chi connectivity index (χ2n) is 7.33. The van der Waals surface area contributed by atoms with Crippen molar-refractivity contribution in [2.45, 2.75) is 6.54 Å². The summed E-state index contributed by atoms with van der Waals surface area (Å²) in [4.78, 5) is 41.2. The van der Waals surface area contributed by atoms with E-state index in [1.807, 2.05) is 5.38 Å². The van der Waals surface area contributed by atoms with Crippen molar-refractivity contribution in [3.8, 4) is 11.1 Å². The van der Waals surface area contributed by atoms with Crippen molar-refractivity contribution >= 4 is 44.8 Å². The van der Waals surface area contributed by atoms with E-state index in [0.29, 0.717) is 27.1 Å². The molecule has 0 atom stereocenters. The van der Waals surface area contributed by atoms with Gasteiger partial charge in [0.05, 0.1) is 22.9 Å². The molecule has 0 radical (unpaired) electrons. The molecular formula is C23H16FN5O4S. The summed E-state index contributed by atoms with van der Waals surface area (Å²) < 4.78 is 21.0. The minimum absolute atomic E-state index is 0.309. The first-order valence-electron chi connectivity index (χ1n) is 10.0. The van der Waals surface area contributed by atoms with Crippen LogP contribution in [0, 0.1) is 5.82 Å². The summed E-state index contributed by atoms with van der Waals surface area (Å²) >= 11 is 1.36. The van der Waals surface area contributed by atoms with Crippen LogP contribution in [0.3, 0.4) is 0 Å². The molecule has 3 aromatic heterocycles. The van der Waals surface area contributed by atoms with Gasteiger partial charge < -0.3 is 10.1 Å². The molecule has 0 aliphatic carbocycles. The van der Waals surface area contributed by atoms with Gasteiger partial charge >= 0.3 is 11.7 Å². The molecule has 0 saturated carbocycles. The Labute approximate surface area is 195 Å². The van der Waals surface area contributed by atoms with Gasteiger partial charge in [-0.05, 0) is 42.0 Å². The fourth-order valence-electron chi connectivity index (χ4n) is 3.51. The molecular weight excluding hydrogens is 461 g/mol. The Kier molecular flexibility index (Phi) is 5.38. The standard InChI is InChI=1S/C23H16FN5O4S/c1-33-22(31)14-4-8-16(9-5-14)26-18(30)10-29-23(32)28-12-25-19-17(11-34-20(19)21(28)27-29)13-2-6-15(24)7-3-13/h2-9,11-12H,10H2,1H3,(H,26,30). The highest BCUT2D eigenvalue weighted by Crippen LogP contribution is 2.34. The zero-order valence-electron chi connectivity index (χ0n) is 17.7. The van der Waals surface area contributed by atoms with Crippen LogP contribution in [0.4, 0.5) is 10.1 Å². The van der Waals surface area contributed by atoms with Gasteiger partial charge in [0.2, 0.25) is 5.91 Å². The van der Waals surface area contributed by atoms with E-state index in [9.17, 15) is 18.8 Å². The first-order chi connectivity index (χ1) is 16.4. The summed E-state index contributed by atoms with van der Waals surface area (Å²) in [6.45, 7) is -0.309. The van der Waals surface area contributed by atoms with Crippen molar-refractivity contribution < 1.29 is 18.7 Å². The van der Waals surface area contributed by atoms with E-state index < -0.39 is 17.6 Å². The zero-order valence-corrected chi connectivity index (χ0v) is 18.5. The molecule has 34 heavy (non-hydrogen) atoms. The number of halogens is 1. The third kappa shape index (κ3) is 3.82. The average Bonchev–Trinajstić information content (AvgIpc) is 3.41. The molecule has 0 unspecified atom stereocenters. The van der Waals surface area contributed by atoms with E-state index >= 15 is 0 Å². The van der Waals surface area contributed by atoms with Crippen molar-refractivity contribution in [3.05, 3.63) is 82.1 Å². The molecule has 0 bridgehead atoms. The van der Waals surface area contributed by atoms with Gasteiger partial charge in [0.15, 0.2) is 5.65 Å². The predicted octanol–water partition coefficient (Wildman–Crippen LogP) is 3.34. The van der Waals surface area contributed by atoms with Crippen LogP contribution in [0.15, 0.2) is 65.0 Å². The van der Waals surface area contributed by atoms with Gasteiger partial charge in [-0.25, -0.2) is 28.0 Å². The second kappa shape index (κ2) is 8.52. The van der Waals surface area contributed by atoms with E-state index in [4.69, 9.17) is 0 Å². The van der Waals surface area contributed by atoms with Crippen molar-refractivity contribution in [2.24, 2.45) is 0 Å². The third-order valence-corrected chi connectivity index (χ3v) is 6.14. The number of esters is 1. The van der Waals surface area contributed by atoms with E-state index in [-0.39, 0.29) is 12.4 Å². The second-order valence-corrected chi connectivity index (χ2v) is 8.21. The molecule has 3 heterocycles. The van der Waals surface area contributed by atoms with Gasteiger partial charge in [-0.1, -0.05) is 12.1 Å². The Morgan fingerprint density at radius 1 is 1.12 bits per heavy atom. The topological polar surface area (TPSA) is 108 Å². The van der Waals surface area contributed by atoms with Crippen molar-refractivity contribution in [1.29, 1.82) is 0 Å². The third-order valence-electron chi connectivity index (χ3n) is 5.18. The molecule has 9 nitrogen and oxygen atoms in total. The van der Waals surface area contributed by atoms with Crippen molar-refractivity contribution in [3.63, 3.8) is 0 Å². The normalized spacial score (nSPS) is 11.1. The summed E-state index contributed by atoms with van der Waals surface area (Å²) in [5.41, 5.74) is 2.92. The van der Waals surface area contributed by atoms with Gasteiger partial charge in [-0.3, -0.25) is 4.79 Å². The molecule has 11 heteroatoms. The molecule has 0 spiro atoms. The van der Waals surface area contributed by atoms with Crippen LogP contribution in [0.1, 0.15) is 10.4 Å². The number of anilines is 1. The van der Waals surface area contributed by atoms with Gasteiger partial charge in [0.25, 0.3) is 0 Å². The lowest BCUT2D eigenvalue weighted by Gasteiger charge is -2.05. The van der Waals surface area contributed by atoms with Gasteiger partial charge in [0.1, 0.15) is 18.7 Å². The molecule has 1 N–H and O–H groups in total. The number of hydrogen-bond donors (Lipinski definition) is 1. The number of nitrogens with zero attached hydrogens (tertiary/aromatic N) is 4. The lowest BCUT2D eigenvalue weighted by atomic mass is 10.1. The first-order valence-corrected chi connectivity index (χ1v) is 10.9. The molecule has 0 aliphatic heterocycles. The number of carbonyl (C=O) groups is 2. The average molecular weight is 477 g/mol. The predicted molar refractivity (Wildman–Crippen MR) is 124 cm³/mol. The van der Waals surface area contributed by atoms with Crippen LogP contribution in [-0.4, -0.2) is 38.2 Å². The van der Waals surface area contributed by atoms with Crippen LogP contribution in [0.2, 0.25) is 0 Å². The quantitative estimate of drug-likeness (QED) is 0.389. The molecule has 170 valence electrons. The Bertz CT molecular complexity index is 1600. The Hall–Kier alpha value is -4.38. The lowest BCUT2D eigenvalue weighted by Crippen LogP contribution is -2.28. The minimum atomic E-state index is -0.502. The van der Waals surface area contributed by atoms with E-state index in [1.54, 1.807) is 24.3 Å². The number of methoxy groups -OCH3 is 1. The molecule has 2 aromatic carbocycles. The van der Waals surface area contributed by atoms with E-state index in [0.717, 1.165) is 15.8 Å². The molecule has 5 aromatic rings. The summed E-state index contributed by atoms with van der Waals surface area (Å²) in [7, 11) is 1.29. The largest absolute Gasteiger partial charge is 0.465 e. The zero-order chi connectivity index (χ0) is 23.8. The van der Waals surface area contributed by atoms with Gasteiger partial charge in [-0.2, -0.15) is 0 Å². The summed E-state index contributed by atoms with van der Waals surface area (Å²) in [6.07, 6.45) is 1.37. The number of ether oxygens (including phenoxy) is 1. The number of benzene rings is 2. The highest BCUT2D eigenvalue weighted by molar-refractivity contribution is 7.18. The maximum absolute atomic E-state index is 13.3. The van der Waals surface area contributed by atoms with Crippen molar-refractivity contribution in [1.82, 2.24) is 19.2 Å². The Morgan fingerprint density at radius 2 is 1.85 bits per heavy atom. The molecule has 5 rings (SSSR count). The Balaban J connectivity index is 1.42. The molecule has 0 saturated heterocycles. The molecule has 0 aliphatic rings. The number of aromatic nitrogens is 4. The number of fused-ring (bicyclic) bond motifs is 3. The van der Waals surface area contributed by atoms with Crippen LogP contribution >= 0.6 is 11.3 Å². The van der Waals surface area contributed by atoms with Crippen LogP contribution in [-0.2, 0) is 16.1 Å². The van der Waals surface area contributed by atoms with E-state index in [1.165, 1.54) is 53.4 Å². The van der Waals surface area contributed by atoms with Crippen molar-refractivity contribution in [2.75, 3.05) is 12.4 Å². The highest BCUT2D eigenvalue weighted by Gasteiger charge is 2.17. The summed E-state index contributed by atoms with van der Waals surface area (Å²) in [5.74, 6) is -1.27. The fourth-order valence-corrected chi connectivity index (χ4v) is 4.52. The molecule has 1 amide bonds. The van der Waals surface area contributed by atoms with Gasteiger partial charge in [0, 0.05) is 16.6 Å². The summed E-state index contributed by atoms with van der Waals surface area (Å²) in [5, 5.41) is 8.89. The number of nitrogens with one attached hydrogen (secondary N) is 1. The first kappa shape index (κ1) is 21.5. The fraction of sp³-hybridized carbons (Fsp3) is 0.0870. The SMILES string of the molecule is COC(=O)c1ccc(NC(=O)Cn2nc3c4scc(-c5ccc(F)cc5)c4ncn3c2=O)cc1. The Morgan fingerprint density at radius 3 is 2.56 bits per heavy atom. The number of carbonyl (C=O) groups excluding carboxylic acids is 2. The maximum Gasteiger partial charge on any atom is 0.352 e.